The number of amides is 3. The number of carbonyl (C=O) groups is 4. The Morgan fingerprint density at radius 3 is 2.52 bits per heavy atom. The first-order chi connectivity index (χ1) is 13.9. The van der Waals surface area contributed by atoms with Crippen molar-refractivity contribution in [3.8, 4) is 0 Å². The van der Waals surface area contributed by atoms with Gasteiger partial charge in [0.05, 0.1) is 5.69 Å². The van der Waals surface area contributed by atoms with Gasteiger partial charge in [-0.15, -0.1) is 0 Å². The summed E-state index contributed by atoms with van der Waals surface area (Å²) in [6.07, 6.45) is -0.212. The molecule has 9 heteroatoms. The lowest BCUT2D eigenvalue weighted by molar-refractivity contribution is -0.122. The molecule has 3 aromatic rings. The highest BCUT2D eigenvalue weighted by molar-refractivity contribution is 8.15. The van der Waals surface area contributed by atoms with Crippen LogP contribution in [0, 0.1) is 0 Å². The number of carbonyl (C=O) groups excluding carboxylic acids is 4. The molecule has 0 saturated carbocycles. The first-order valence-corrected chi connectivity index (χ1v) is 9.81. The number of hydrogen-bond donors (Lipinski definition) is 2. The number of benzene rings is 2. The smallest absolute Gasteiger partial charge is 0.286 e. The number of fused-ring (bicyclic) bond motifs is 1. The van der Waals surface area contributed by atoms with E-state index in [-0.39, 0.29) is 17.9 Å². The van der Waals surface area contributed by atoms with E-state index < -0.39 is 28.1 Å². The monoisotopic (exact) mass is 428 g/mol. The van der Waals surface area contributed by atoms with E-state index in [4.69, 9.17) is 16.0 Å². The number of nitrogens with one attached hydrogen (secondary N) is 2. The number of rotatable bonds is 5. The molecule has 0 aliphatic carbocycles. The van der Waals surface area contributed by atoms with E-state index in [2.05, 4.69) is 10.6 Å². The Hall–Kier alpha value is -3.10. The molecule has 7 nitrogen and oxygen atoms in total. The van der Waals surface area contributed by atoms with Crippen LogP contribution in [0.15, 0.2) is 52.9 Å². The van der Waals surface area contributed by atoms with E-state index >= 15 is 0 Å². The van der Waals surface area contributed by atoms with E-state index in [1.54, 1.807) is 48.5 Å². The van der Waals surface area contributed by atoms with Gasteiger partial charge in [-0.3, -0.25) is 24.5 Å². The Morgan fingerprint density at radius 1 is 1.10 bits per heavy atom. The van der Waals surface area contributed by atoms with E-state index in [0.717, 1.165) is 11.8 Å². The summed E-state index contributed by atoms with van der Waals surface area (Å²) in [5.41, 5.74) is 1.00. The van der Waals surface area contributed by atoms with E-state index in [1.807, 2.05) is 0 Å². The minimum atomic E-state index is -0.809. The first kappa shape index (κ1) is 19.2. The summed E-state index contributed by atoms with van der Waals surface area (Å²) in [4.78, 5) is 48.5. The Balaban J connectivity index is 1.65. The molecule has 0 radical (unpaired) electrons. The average molecular weight is 429 g/mol. The highest BCUT2D eigenvalue weighted by Gasteiger charge is 2.34. The maximum atomic E-state index is 13.0. The van der Waals surface area contributed by atoms with Crippen molar-refractivity contribution >= 4 is 62.9 Å². The highest BCUT2D eigenvalue weighted by Crippen LogP contribution is 2.33. The van der Waals surface area contributed by atoms with Crippen LogP contribution in [-0.4, -0.2) is 28.1 Å². The minimum absolute atomic E-state index is 0.0264. The molecule has 0 spiro atoms. The van der Waals surface area contributed by atoms with Crippen LogP contribution in [0.4, 0.5) is 10.5 Å². The van der Waals surface area contributed by atoms with Crippen LogP contribution < -0.4 is 10.6 Å². The molecule has 3 amide bonds. The van der Waals surface area contributed by atoms with Gasteiger partial charge in [0.15, 0.2) is 5.76 Å². The number of para-hydroxylation sites is 1. The van der Waals surface area contributed by atoms with Gasteiger partial charge in [0.2, 0.25) is 17.6 Å². The summed E-state index contributed by atoms with van der Waals surface area (Å²) in [5, 5.41) is 4.56. The largest absolute Gasteiger partial charge is 0.450 e. The van der Waals surface area contributed by atoms with Crippen molar-refractivity contribution in [3.63, 3.8) is 0 Å². The molecule has 1 aromatic heterocycles. The summed E-state index contributed by atoms with van der Waals surface area (Å²) in [7, 11) is 0. The molecule has 146 valence electrons. The van der Waals surface area contributed by atoms with Gasteiger partial charge in [0.1, 0.15) is 10.8 Å². The molecule has 1 fully saturated rings. The predicted octanol–water partition coefficient (Wildman–Crippen LogP) is 4.00. The third kappa shape index (κ3) is 3.90. The third-order valence-corrected chi connectivity index (χ3v) is 5.54. The number of imide groups is 1. The summed E-state index contributed by atoms with van der Waals surface area (Å²) in [6.45, 7) is 0. The molecule has 1 aliphatic heterocycles. The molecule has 2 aromatic carbocycles. The highest BCUT2D eigenvalue weighted by atomic mass is 35.5. The Kier molecular flexibility index (Phi) is 5.12. The van der Waals surface area contributed by atoms with Crippen LogP contribution in [0.3, 0.4) is 0 Å². The molecular formula is C20H13ClN2O5S. The van der Waals surface area contributed by atoms with Crippen LogP contribution in [-0.2, 0) is 9.59 Å². The van der Waals surface area contributed by atoms with Crippen LogP contribution in [0.25, 0.3) is 11.0 Å². The maximum Gasteiger partial charge on any atom is 0.286 e. The summed E-state index contributed by atoms with van der Waals surface area (Å²) in [6, 6.07) is 13.2. The van der Waals surface area contributed by atoms with E-state index in [9.17, 15) is 19.2 Å². The van der Waals surface area contributed by atoms with Crippen molar-refractivity contribution < 1.29 is 23.6 Å². The number of hydrogen-bond acceptors (Lipinski definition) is 6. The second-order valence-corrected chi connectivity index (χ2v) is 7.89. The van der Waals surface area contributed by atoms with Crippen LogP contribution in [0.1, 0.15) is 22.5 Å². The van der Waals surface area contributed by atoms with Crippen LogP contribution in [0.2, 0.25) is 5.02 Å². The quantitative estimate of drug-likeness (QED) is 0.595. The summed E-state index contributed by atoms with van der Waals surface area (Å²) >= 11 is 6.64. The number of thioether (sulfide) groups is 1. The molecule has 2 N–H and O–H groups in total. The second kappa shape index (κ2) is 7.73. The zero-order chi connectivity index (χ0) is 20.5. The topological polar surface area (TPSA) is 105 Å². The zero-order valence-corrected chi connectivity index (χ0v) is 16.3. The molecule has 1 aliphatic rings. The number of ketones is 1. The SMILES string of the molecule is O=C(CC1SC(=O)NC1=O)Nc1c(C(=O)c2ccc(Cl)cc2)oc2ccccc12. The Morgan fingerprint density at radius 2 is 1.83 bits per heavy atom. The van der Waals surface area contributed by atoms with Gasteiger partial charge in [-0.2, -0.15) is 0 Å². The first-order valence-electron chi connectivity index (χ1n) is 8.55. The fourth-order valence-corrected chi connectivity index (χ4v) is 3.89. The van der Waals surface area contributed by atoms with Crippen molar-refractivity contribution in [1.82, 2.24) is 5.32 Å². The summed E-state index contributed by atoms with van der Waals surface area (Å²) in [5.74, 6) is -1.47. The van der Waals surface area contributed by atoms with Crippen molar-refractivity contribution in [2.24, 2.45) is 0 Å². The van der Waals surface area contributed by atoms with Crippen molar-refractivity contribution in [3.05, 3.63) is 64.9 Å². The van der Waals surface area contributed by atoms with Crippen molar-refractivity contribution in [1.29, 1.82) is 0 Å². The summed E-state index contributed by atoms with van der Waals surface area (Å²) < 4.78 is 5.72. The zero-order valence-electron chi connectivity index (χ0n) is 14.7. The average Bonchev–Trinajstić information content (AvgIpc) is 3.21. The second-order valence-electron chi connectivity index (χ2n) is 6.27. The van der Waals surface area contributed by atoms with Crippen LogP contribution >= 0.6 is 23.4 Å². The Labute approximate surface area is 173 Å². The van der Waals surface area contributed by atoms with Crippen molar-refractivity contribution in [2.75, 3.05) is 5.32 Å². The molecule has 1 saturated heterocycles. The molecule has 4 rings (SSSR count). The molecule has 1 unspecified atom stereocenters. The number of halogens is 1. The van der Waals surface area contributed by atoms with Gasteiger partial charge in [-0.05, 0) is 36.4 Å². The fourth-order valence-electron chi connectivity index (χ4n) is 2.95. The molecule has 0 bridgehead atoms. The van der Waals surface area contributed by atoms with Crippen LogP contribution in [0.5, 0.6) is 0 Å². The van der Waals surface area contributed by atoms with Gasteiger partial charge >= 0.3 is 0 Å². The molecule has 2 heterocycles. The number of anilines is 1. The fraction of sp³-hybridized carbons (Fsp3) is 0.100. The minimum Gasteiger partial charge on any atom is -0.450 e. The van der Waals surface area contributed by atoms with E-state index in [1.165, 1.54) is 0 Å². The normalized spacial score (nSPS) is 16.1. The van der Waals surface area contributed by atoms with Gasteiger partial charge in [-0.25, -0.2) is 0 Å². The van der Waals surface area contributed by atoms with E-state index in [0.29, 0.717) is 21.6 Å². The lowest BCUT2D eigenvalue weighted by Gasteiger charge is -2.08. The molecule has 29 heavy (non-hydrogen) atoms. The molecule has 1 atom stereocenters. The number of furan rings is 1. The molecular weight excluding hydrogens is 416 g/mol. The third-order valence-electron chi connectivity index (χ3n) is 4.31. The van der Waals surface area contributed by atoms with Gasteiger partial charge in [0.25, 0.3) is 5.24 Å². The van der Waals surface area contributed by atoms with Gasteiger partial charge < -0.3 is 9.73 Å². The maximum absolute atomic E-state index is 13.0. The Bertz CT molecular complexity index is 1160. The van der Waals surface area contributed by atoms with Crippen molar-refractivity contribution in [2.45, 2.75) is 11.7 Å². The standard InChI is InChI=1S/C20H13ClN2O5S/c21-11-7-5-10(6-8-11)17(25)18-16(12-3-1-2-4-13(12)28-18)22-15(24)9-14-19(26)23-20(27)29-14/h1-8,14H,9H2,(H,22,24)(H,23,26,27). The predicted molar refractivity (Wildman–Crippen MR) is 109 cm³/mol. The lowest BCUT2D eigenvalue weighted by atomic mass is 10.1. The van der Waals surface area contributed by atoms with Gasteiger partial charge in [-0.1, -0.05) is 35.5 Å². The van der Waals surface area contributed by atoms with Gasteiger partial charge in [0, 0.05) is 22.4 Å². The lowest BCUT2D eigenvalue weighted by Crippen LogP contribution is -2.27.